The SMILES string of the molecule is O=C(O)c1ccc(-c2ncc(C3C=CC(F)=CC3F)o2)cc1. The third kappa shape index (κ3) is 2.67. The molecule has 0 fully saturated rings. The number of carboxylic acid groups (broad SMARTS) is 1. The van der Waals surface area contributed by atoms with Crippen molar-refractivity contribution in [3.63, 3.8) is 0 Å². The highest BCUT2D eigenvalue weighted by atomic mass is 19.1. The number of alkyl halides is 1. The highest BCUT2D eigenvalue weighted by Gasteiger charge is 2.26. The van der Waals surface area contributed by atoms with Gasteiger partial charge in [-0.25, -0.2) is 18.6 Å². The normalized spacial score (nSPS) is 20.7. The van der Waals surface area contributed by atoms with Crippen LogP contribution in [0.2, 0.25) is 0 Å². The molecule has 1 heterocycles. The second-order valence-electron chi connectivity index (χ2n) is 4.83. The summed E-state index contributed by atoms with van der Waals surface area (Å²) in [7, 11) is 0. The first-order valence-corrected chi connectivity index (χ1v) is 6.53. The molecule has 1 N–H and O–H groups in total. The number of hydrogen-bond acceptors (Lipinski definition) is 3. The van der Waals surface area contributed by atoms with E-state index in [1.165, 1.54) is 30.5 Å². The van der Waals surface area contributed by atoms with Crippen molar-refractivity contribution in [1.29, 1.82) is 0 Å². The Morgan fingerprint density at radius 1 is 1.27 bits per heavy atom. The number of hydrogen-bond donors (Lipinski definition) is 1. The van der Waals surface area contributed by atoms with Gasteiger partial charge in [-0.1, -0.05) is 6.08 Å². The zero-order chi connectivity index (χ0) is 15.7. The van der Waals surface area contributed by atoms with E-state index in [1.807, 2.05) is 0 Å². The number of aromatic nitrogens is 1. The monoisotopic (exact) mass is 303 g/mol. The number of aromatic carboxylic acids is 1. The molecule has 0 saturated heterocycles. The van der Waals surface area contributed by atoms with Gasteiger partial charge in [-0.15, -0.1) is 0 Å². The number of carbonyl (C=O) groups is 1. The number of benzene rings is 1. The molecule has 1 aliphatic rings. The molecule has 0 aliphatic heterocycles. The average molecular weight is 303 g/mol. The Morgan fingerprint density at radius 3 is 2.64 bits per heavy atom. The molecule has 0 spiro atoms. The maximum atomic E-state index is 13.8. The van der Waals surface area contributed by atoms with E-state index in [9.17, 15) is 13.6 Å². The van der Waals surface area contributed by atoms with Gasteiger partial charge in [-0.2, -0.15) is 0 Å². The highest BCUT2D eigenvalue weighted by Crippen LogP contribution is 2.32. The summed E-state index contributed by atoms with van der Waals surface area (Å²) in [6.07, 6.45) is 3.33. The van der Waals surface area contributed by atoms with Crippen LogP contribution in [0.1, 0.15) is 22.0 Å². The van der Waals surface area contributed by atoms with E-state index in [2.05, 4.69) is 4.98 Å². The van der Waals surface area contributed by atoms with E-state index >= 15 is 0 Å². The van der Waals surface area contributed by atoms with Crippen LogP contribution in [0.15, 0.2) is 58.9 Å². The van der Waals surface area contributed by atoms with Gasteiger partial charge in [-0.3, -0.25) is 0 Å². The quantitative estimate of drug-likeness (QED) is 0.934. The van der Waals surface area contributed by atoms with Gasteiger partial charge in [0.15, 0.2) is 0 Å². The van der Waals surface area contributed by atoms with Crippen LogP contribution < -0.4 is 0 Å². The van der Waals surface area contributed by atoms with Crippen LogP contribution in [0.3, 0.4) is 0 Å². The molecule has 1 aromatic carbocycles. The molecule has 112 valence electrons. The molecular weight excluding hydrogens is 292 g/mol. The molecule has 1 aromatic heterocycles. The lowest BCUT2D eigenvalue weighted by Gasteiger charge is -2.14. The third-order valence-electron chi connectivity index (χ3n) is 3.36. The van der Waals surface area contributed by atoms with Crippen LogP contribution in [0.25, 0.3) is 11.5 Å². The third-order valence-corrected chi connectivity index (χ3v) is 3.36. The smallest absolute Gasteiger partial charge is 0.335 e. The van der Waals surface area contributed by atoms with Gasteiger partial charge in [-0.05, 0) is 36.4 Å². The van der Waals surface area contributed by atoms with Crippen LogP contribution in [0.5, 0.6) is 0 Å². The molecule has 2 unspecified atom stereocenters. The topological polar surface area (TPSA) is 63.3 Å². The van der Waals surface area contributed by atoms with Crippen molar-refractivity contribution in [2.75, 3.05) is 0 Å². The van der Waals surface area contributed by atoms with Crippen LogP contribution in [0.4, 0.5) is 8.78 Å². The van der Waals surface area contributed by atoms with Gasteiger partial charge in [0.25, 0.3) is 0 Å². The second-order valence-corrected chi connectivity index (χ2v) is 4.83. The van der Waals surface area contributed by atoms with Crippen LogP contribution in [-0.2, 0) is 0 Å². The number of nitrogens with zero attached hydrogens (tertiary/aromatic N) is 1. The summed E-state index contributed by atoms with van der Waals surface area (Å²) in [5.41, 5.74) is 0.725. The fourth-order valence-corrected chi connectivity index (χ4v) is 2.19. The zero-order valence-corrected chi connectivity index (χ0v) is 11.2. The molecule has 22 heavy (non-hydrogen) atoms. The first kappa shape index (κ1) is 14.2. The Bertz CT molecular complexity index is 762. The summed E-state index contributed by atoms with van der Waals surface area (Å²) in [4.78, 5) is 14.9. The predicted octanol–water partition coefficient (Wildman–Crippen LogP) is 3.88. The van der Waals surface area contributed by atoms with Gasteiger partial charge < -0.3 is 9.52 Å². The van der Waals surface area contributed by atoms with Gasteiger partial charge in [0.2, 0.25) is 5.89 Å². The maximum absolute atomic E-state index is 13.8. The molecule has 2 atom stereocenters. The van der Waals surface area contributed by atoms with E-state index in [0.29, 0.717) is 5.56 Å². The van der Waals surface area contributed by atoms with E-state index in [4.69, 9.17) is 9.52 Å². The Balaban J connectivity index is 1.85. The van der Waals surface area contributed by atoms with Crippen LogP contribution in [-0.4, -0.2) is 22.2 Å². The van der Waals surface area contributed by atoms with Crippen molar-refractivity contribution >= 4 is 5.97 Å². The minimum Gasteiger partial charge on any atom is -0.478 e. The maximum Gasteiger partial charge on any atom is 0.335 e. The number of allylic oxidation sites excluding steroid dienone is 4. The van der Waals surface area contributed by atoms with Gasteiger partial charge >= 0.3 is 5.97 Å². The molecular formula is C16H11F2NO3. The summed E-state index contributed by atoms with van der Waals surface area (Å²) in [6.45, 7) is 0. The first-order valence-electron chi connectivity index (χ1n) is 6.53. The summed E-state index contributed by atoms with van der Waals surface area (Å²) in [5.74, 6) is -1.83. The number of rotatable bonds is 3. The first-order chi connectivity index (χ1) is 10.5. The molecule has 4 nitrogen and oxygen atoms in total. The lowest BCUT2D eigenvalue weighted by atomic mass is 9.96. The largest absolute Gasteiger partial charge is 0.478 e. The van der Waals surface area contributed by atoms with E-state index in [0.717, 1.165) is 6.08 Å². The predicted molar refractivity (Wildman–Crippen MR) is 74.9 cm³/mol. The molecule has 1 aliphatic carbocycles. The molecule has 6 heteroatoms. The van der Waals surface area contributed by atoms with E-state index in [1.54, 1.807) is 12.1 Å². The molecule has 0 bridgehead atoms. The summed E-state index contributed by atoms with van der Waals surface area (Å²) in [5, 5.41) is 8.85. The highest BCUT2D eigenvalue weighted by molar-refractivity contribution is 5.88. The molecule has 0 radical (unpaired) electrons. The fraction of sp³-hybridized carbons (Fsp3) is 0.125. The lowest BCUT2D eigenvalue weighted by molar-refractivity contribution is 0.0697. The molecule has 3 rings (SSSR count). The Hall–Kier alpha value is -2.76. The van der Waals surface area contributed by atoms with Crippen molar-refractivity contribution in [2.24, 2.45) is 0 Å². The minimum atomic E-state index is -1.51. The van der Waals surface area contributed by atoms with Crippen molar-refractivity contribution in [3.8, 4) is 11.5 Å². The van der Waals surface area contributed by atoms with E-state index < -0.39 is 23.9 Å². The Labute approximate surface area is 124 Å². The van der Waals surface area contributed by atoms with Crippen molar-refractivity contribution < 1.29 is 23.1 Å². The number of carboxylic acids is 1. The summed E-state index contributed by atoms with van der Waals surface area (Å²) >= 11 is 0. The standard InChI is InChI=1S/C16H11F2NO3/c17-11-5-6-12(13(18)7-11)14-8-19-15(22-14)9-1-3-10(4-2-9)16(20)21/h1-8,12-13H,(H,20,21). The van der Waals surface area contributed by atoms with Crippen molar-refractivity contribution in [1.82, 2.24) is 4.98 Å². The second kappa shape index (κ2) is 5.55. The van der Waals surface area contributed by atoms with Crippen molar-refractivity contribution in [3.05, 3.63) is 65.8 Å². The fourth-order valence-electron chi connectivity index (χ4n) is 2.19. The Kier molecular flexibility index (Phi) is 3.58. The van der Waals surface area contributed by atoms with Gasteiger partial charge in [0.05, 0.1) is 17.7 Å². The number of oxazole rings is 1. The van der Waals surface area contributed by atoms with E-state index in [-0.39, 0.29) is 17.2 Å². The van der Waals surface area contributed by atoms with Crippen molar-refractivity contribution in [2.45, 2.75) is 12.1 Å². The van der Waals surface area contributed by atoms with Gasteiger partial charge in [0, 0.05) is 5.56 Å². The summed E-state index contributed by atoms with van der Waals surface area (Å²) < 4.78 is 32.3. The van der Waals surface area contributed by atoms with Crippen LogP contribution >= 0.6 is 0 Å². The summed E-state index contributed by atoms with van der Waals surface area (Å²) in [6, 6.07) is 5.97. The Morgan fingerprint density at radius 2 is 2.00 bits per heavy atom. The zero-order valence-electron chi connectivity index (χ0n) is 11.2. The lowest BCUT2D eigenvalue weighted by Crippen LogP contribution is -2.11. The van der Waals surface area contributed by atoms with Gasteiger partial charge in [0.1, 0.15) is 17.8 Å². The average Bonchev–Trinajstić information content (AvgIpc) is 2.97. The molecule has 0 amide bonds. The molecule has 0 saturated carbocycles. The molecule has 2 aromatic rings. The number of halogens is 2. The van der Waals surface area contributed by atoms with Crippen LogP contribution in [0, 0.1) is 0 Å². The minimum absolute atomic E-state index is 0.148.